The summed E-state index contributed by atoms with van der Waals surface area (Å²) < 4.78 is 31.9. The zero-order chi connectivity index (χ0) is 16.6. The molecule has 0 radical (unpaired) electrons. The Morgan fingerprint density at radius 1 is 1.35 bits per heavy atom. The lowest BCUT2D eigenvalue weighted by molar-refractivity contribution is -0.386. The van der Waals surface area contributed by atoms with Gasteiger partial charge in [0.15, 0.2) is 5.75 Å². The lowest BCUT2D eigenvalue weighted by atomic mass is 9.90. The maximum absolute atomic E-state index is 12.8. The Morgan fingerprint density at radius 2 is 2.09 bits per heavy atom. The highest BCUT2D eigenvalue weighted by Gasteiger charge is 2.38. The van der Waals surface area contributed by atoms with Crippen molar-refractivity contribution < 1.29 is 18.1 Å². The fourth-order valence-corrected chi connectivity index (χ4v) is 4.87. The number of hydrogen-bond donors (Lipinski definition) is 1. The number of ether oxygens (including phenoxy) is 1. The lowest BCUT2D eigenvalue weighted by Gasteiger charge is -2.33. The van der Waals surface area contributed by atoms with Crippen LogP contribution in [0, 0.1) is 22.0 Å². The number of rotatable bonds is 4. The third-order valence-electron chi connectivity index (χ3n) is 4.65. The topological polar surface area (TPSA) is 102 Å². The highest BCUT2D eigenvalue weighted by atomic mass is 32.2. The van der Waals surface area contributed by atoms with Crippen molar-refractivity contribution in [2.75, 3.05) is 33.3 Å². The van der Waals surface area contributed by atoms with Crippen molar-refractivity contribution in [3.63, 3.8) is 0 Å². The highest BCUT2D eigenvalue weighted by Crippen LogP contribution is 2.33. The molecule has 9 heteroatoms. The minimum Gasteiger partial charge on any atom is -0.490 e. The van der Waals surface area contributed by atoms with Crippen LogP contribution < -0.4 is 10.1 Å². The molecule has 2 aliphatic heterocycles. The number of hydrogen-bond acceptors (Lipinski definition) is 6. The summed E-state index contributed by atoms with van der Waals surface area (Å²) in [6.07, 6.45) is 0.815. The predicted octanol–water partition coefficient (Wildman–Crippen LogP) is 0.833. The molecule has 2 atom stereocenters. The molecule has 1 aromatic rings. The minimum absolute atomic E-state index is 0.0488. The van der Waals surface area contributed by atoms with E-state index in [1.54, 1.807) is 0 Å². The monoisotopic (exact) mass is 341 g/mol. The molecule has 8 nitrogen and oxygen atoms in total. The van der Waals surface area contributed by atoms with Gasteiger partial charge < -0.3 is 10.1 Å². The average Bonchev–Trinajstić information content (AvgIpc) is 3.01. The minimum atomic E-state index is -3.74. The van der Waals surface area contributed by atoms with E-state index in [0.29, 0.717) is 24.9 Å². The quantitative estimate of drug-likeness (QED) is 0.643. The fourth-order valence-electron chi connectivity index (χ4n) is 3.34. The van der Waals surface area contributed by atoms with Gasteiger partial charge in [0.25, 0.3) is 0 Å². The first-order valence-electron chi connectivity index (χ1n) is 7.47. The van der Waals surface area contributed by atoms with E-state index in [9.17, 15) is 18.5 Å². The molecule has 1 aromatic carbocycles. The zero-order valence-electron chi connectivity index (χ0n) is 12.8. The molecule has 2 fully saturated rings. The first kappa shape index (κ1) is 16.2. The summed E-state index contributed by atoms with van der Waals surface area (Å²) in [5.74, 6) is 0.881. The second-order valence-corrected chi connectivity index (χ2v) is 7.86. The standard InChI is InChI=1S/C14H19N3O5S/c1-22-14-3-2-12(6-13(14)17(18)19)23(20,21)16-5-4-10-7-15-8-11(10)9-16/h2-3,6,10-11,15H,4-5,7-9H2,1H3. The number of nitrogens with one attached hydrogen (secondary N) is 1. The second-order valence-electron chi connectivity index (χ2n) is 5.92. The van der Waals surface area contributed by atoms with Crippen molar-refractivity contribution in [1.29, 1.82) is 0 Å². The third-order valence-corrected chi connectivity index (χ3v) is 6.51. The molecule has 0 spiro atoms. The molecule has 3 rings (SSSR count). The number of methoxy groups -OCH3 is 1. The smallest absolute Gasteiger partial charge is 0.312 e. The molecule has 2 heterocycles. The highest BCUT2D eigenvalue weighted by molar-refractivity contribution is 7.89. The van der Waals surface area contributed by atoms with Gasteiger partial charge >= 0.3 is 5.69 Å². The van der Waals surface area contributed by atoms with Crippen molar-refractivity contribution in [3.05, 3.63) is 28.3 Å². The summed E-state index contributed by atoms with van der Waals surface area (Å²) in [4.78, 5) is 10.4. The molecule has 0 amide bonds. The Morgan fingerprint density at radius 3 is 2.78 bits per heavy atom. The van der Waals surface area contributed by atoms with Gasteiger partial charge in [0.1, 0.15) is 0 Å². The molecule has 0 bridgehead atoms. The van der Waals surface area contributed by atoms with Gasteiger partial charge in [0, 0.05) is 19.2 Å². The Hall–Kier alpha value is -1.71. The van der Waals surface area contributed by atoms with Crippen LogP contribution >= 0.6 is 0 Å². The van der Waals surface area contributed by atoms with E-state index >= 15 is 0 Å². The SMILES string of the molecule is COc1ccc(S(=O)(=O)N2CCC3CNCC3C2)cc1[N+](=O)[O-]. The molecule has 0 aliphatic carbocycles. The summed E-state index contributed by atoms with van der Waals surface area (Å²) in [7, 11) is -2.42. The summed E-state index contributed by atoms with van der Waals surface area (Å²) in [5, 5.41) is 14.4. The van der Waals surface area contributed by atoms with Crippen LogP contribution in [0.25, 0.3) is 0 Å². The van der Waals surface area contributed by atoms with Crippen LogP contribution in [0.2, 0.25) is 0 Å². The third kappa shape index (κ3) is 2.91. The van der Waals surface area contributed by atoms with Crippen LogP contribution in [0.15, 0.2) is 23.1 Å². The number of piperidine rings is 1. The maximum atomic E-state index is 12.8. The Balaban J connectivity index is 1.90. The molecule has 2 unspecified atom stereocenters. The largest absolute Gasteiger partial charge is 0.490 e. The van der Waals surface area contributed by atoms with Crippen molar-refractivity contribution in [2.24, 2.45) is 11.8 Å². The molecule has 0 saturated carbocycles. The number of nitro benzene ring substituents is 1. The molecule has 2 saturated heterocycles. The molecule has 126 valence electrons. The van der Waals surface area contributed by atoms with Gasteiger partial charge in [-0.3, -0.25) is 10.1 Å². The Bertz CT molecular complexity index is 721. The van der Waals surface area contributed by atoms with Crippen LogP contribution in [-0.2, 0) is 10.0 Å². The van der Waals surface area contributed by atoms with Crippen LogP contribution in [0.1, 0.15) is 6.42 Å². The zero-order valence-corrected chi connectivity index (χ0v) is 13.6. The molecule has 2 aliphatic rings. The van der Waals surface area contributed by atoms with Gasteiger partial charge in [-0.25, -0.2) is 8.42 Å². The van der Waals surface area contributed by atoms with Gasteiger partial charge in [-0.1, -0.05) is 0 Å². The predicted molar refractivity (Wildman–Crippen MR) is 82.9 cm³/mol. The van der Waals surface area contributed by atoms with Crippen LogP contribution in [-0.4, -0.2) is 50.9 Å². The first-order valence-corrected chi connectivity index (χ1v) is 8.91. The molecule has 23 heavy (non-hydrogen) atoms. The average molecular weight is 341 g/mol. The van der Waals surface area contributed by atoms with Gasteiger partial charge in [-0.2, -0.15) is 4.31 Å². The van der Waals surface area contributed by atoms with Crippen LogP contribution in [0.3, 0.4) is 0 Å². The van der Waals surface area contributed by atoms with E-state index in [1.807, 2.05) is 0 Å². The number of sulfonamides is 1. The first-order chi connectivity index (χ1) is 10.9. The molecule has 1 N–H and O–H groups in total. The van der Waals surface area contributed by atoms with E-state index in [4.69, 9.17) is 4.74 Å². The lowest BCUT2D eigenvalue weighted by Crippen LogP contribution is -2.43. The van der Waals surface area contributed by atoms with Gasteiger partial charge in [-0.15, -0.1) is 0 Å². The number of benzene rings is 1. The fraction of sp³-hybridized carbons (Fsp3) is 0.571. The van der Waals surface area contributed by atoms with E-state index in [-0.39, 0.29) is 16.3 Å². The summed E-state index contributed by atoms with van der Waals surface area (Å²) >= 11 is 0. The second kappa shape index (κ2) is 6.06. The van der Waals surface area contributed by atoms with Crippen molar-refractivity contribution in [1.82, 2.24) is 9.62 Å². The van der Waals surface area contributed by atoms with Gasteiger partial charge in [0.05, 0.1) is 16.9 Å². The Labute approximate surface area is 134 Å². The van der Waals surface area contributed by atoms with Crippen LogP contribution in [0.5, 0.6) is 5.75 Å². The number of fused-ring (bicyclic) bond motifs is 1. The van der Waals surface area contributed by atoms with Gasteiger partial charge in [-0.05, 0) is 43.5 Å². The molecular weight excluding hydrogens is 322 g/mol. The summed E-state index contributed by atoms with van der Waals surface area (Å²) in [6, 6.07) is 3.77. The normalized spacial score (nSPS) is 25.1. The van der Waals surface area contributed by atoms with Gasteiger partial charge in [0.2, 0.25) is 10.0 Å². The van der Waals surface area contributed by atoms with E-state index in [0.717, 1.165) is 25.6 Å². The Kier molecular flexibility index (Phi) is 4.26. The van der Waals surface area contributed by atoms with E-state index < -0.39 is 14.9 Å². The van der Waals surface area contributed by atoms with E-state index in [1.165, 1.54) is 23.5 Å². The summed E-state index contributed by atoms with van der Waals surface area (Å²) in [6.45, 7) is 2.66. The number of nitro groups is 1. The number of nitrogens with zero attached hydrogens (tertiary/aromatic N) is 2. The van der Waals surface area contributed by atoms with E-state index in [2.05, 4.69) is 5.32 Å². The van der Waals surface area contributed by atoms with Crippen molar-refractivity contribution in [2.45, 2.75) is 11.3 Å². The maximum Gasteiger partial charge on any atom is 0.312 e. The molecule has 0 aromatic heterocycles. The van der Waals surface area contributed by atoms with Crippen LogP contribution in [0.4, 0.5) is 5.69 Å². The van der Waals surface area contributed by atoms with Crippen molar-refractivity contribution >= 4 is 15.7 Å². The molecular formula is C14H19N3O5S. The van der Waals surface area contributed by atoms with Crippen molar-refractivity contribution in [3.8, 4) is 5.75 Å². The summed E-state index contributed by atoms with van der Waals surface area (Å²) in [5.41, 5.74) is -0.342.